The Morgan fingerprint density at radius 3 is 2.70 bits per heavy atom. The minimum absolute atomic E-state index is 0.0226. The molecule has 0 saturated heterocycles. The summed E-state index contributed by atoms with van der Waals surface area (Å²) in [5.74, 6) is 1.56. The van der Waals surface area contributed by atoms with Crippen LogP contribution in [-0.2, 0) is 14.3 Å². The summed E-state index contributed by atoms with van der Waals surface area (Å²) in [6.07, 6.45) is 16.4. The molecule has 0 N–H and O–H groups in total. The molecule has 2 fully saturated rings. The summed E-state index contributed by atoms with van der Waals surface area (Å²) >= 11 is 0. The van der Waals surface area contributed by atoms with Crippen molar-refractivity contribution in [3.05, 3.63) is 35.9 Å². The van der Waals surface area contributed by atoms with E-state index in [9.17, 15) is 9.59 Å². The Kier molecular flexibility index (Phi) is 4.57. The summed E-state index contributed by atoms with van der Waals surface area (Å²) < 4.78 is 7.64. The Balaban J connectivity index is 1.46. The molecule has 4 aliphatic rings. The summed E-state index contributed by atoms with van der Waals surface area (Å²) in [5.41, 5.74) is 3.85. The van der Waals surface area contributed by atoms with E-state index in [0.29, 0.717) is 17.8 Å². The molecule has 0 radical (unpaired) electrons. The monoisotopic (exact) mass is 408 g/mol. The van der Waals surface area contributed by atoms with E-state index in [1.54, 1.807) is 6.20 Å². The van der Waals surface area contributed by atoms with Crippen molar-refractivity contribution in [1.29, 1.82) is 0 Å². The average Bonchev–Trinajstić information content (AvgIpc) is 3.32. The van der Waals surface area contributed by atoms with Crippen molar-refractivity contribution in [1.82, 2.24) is 9.55 Å². The second-order valence-electron chi connectivity index (χ2n) is 10.4. The Bertz CT molecular complexity index is 930. The van der Waals surface area contributed by atoms with Crippen molar-refractivity contribution in [2.24, 2.45) is 28.6 Å². The van der Waals surface area contributed by atoms with E-state index in [1.165, 1.54) is 24.6 Å². The maximum Gasteiger partial charge on any atom is 0.302 e. The van der Waals surface area contributed by atoms with Gasteiger partial charge in [-0.25, -0.2) is 4.98 Å². The number of esters is 1. The van der Waals surface area contributed by atoms with Gasteiger partial charge in [0.15, 0.2) is 0 Å². The summed E-state index contributed by atoms with van der Waals surface area (Å²) in [7, 11) is 0. The normalized spacial score (nSPS) is 40.2. The third-order valence-electron chi connectivity index (χ3n) is 8.97. The molecule has 5 nitrogen and oxygen atoms in total. The largest absolute Gasteiger partial charge is 0.462 e. The first kappa shape index (κ1) is 19.8. The number of hydrogen-bond donors (Lipinski definition) is 0. The van der Waals surface area contributed by atoms with Crippen LogP contribution in [0.5, 0.6) is 0 Å². The van der Waals surface area contributed by atoms with Gasteiger partial charge in [-0.1, -0.05) is 25.5 Å². The van der Waals surface area contributed by atoms with Crippen LogP contribution in [0.2, 0.25) is 0 Å². The van der Waals surface area contributed by atoms with E-state index in [2.05, 4.69) is 29.5 Å². The number of imidazole rings is 1. The number of hydrogen-bond acceptors (Lipinski definition) is 4. The van der Waals surface area contributed by atoms with Gasteiger partial charge < -0.3 is 9.30 Å². The van der Waals surface area contributed by atoms with Crippen LogP contribution in [0.25, 0.3) is 5.70 Å². The molecule has 1 heterocycles. The number of allylic oxidation sites excluding steroid dienone is 3. The molecule has 1 aromatic rings. The molecule has 5 heteroatoms. The fourth-order valence-electron chi connectivity index (χ4n) is 7.61. The second kappa shape index (κ2) is 6.93. The van der Waals surface area contributed by atoms with E-state index in [4.69, 9.17) is 4.74 Å². The van der Waals surface area contributed by atoms with Gasteiger partial charge in [-0.3, -0.25) is 9.59 Å². The molecule has 5 rings (SSSR count). The predicted octanol–water partition coefficient (Wildman–Crippen LogP) is 4.80. The van der Waals surface area contributed by atoms with E-state index < -0.39 is 0 Å². The fraction of sp³-hybridized carbons (Fsp3) is 0.640. The standard InChI is InChI=1S/C25H32N2O3/c1-16(29)30-19-6-8-24(2)18(13-19)4-5-20-21(24)7-9-25(3)22(20)12-17(14-28)23(25)27-11-10-26-15-27/h4,10-11,14-15,19-22H,5-9,12-13H2,1-3H3/t19-,20?,21?,22?,24-,25-/m0/s1. The Hall–Kier alpha value is -2.17. The van der Waals surface area contributed by atoms with Crippen LogP contribution >= 0.6 is 0 Å². The molecule has 0 aliphatic heterocycles. The predicted molar refractivity (Wildman–Crippen MR) is 114 cm³/mol. The molecule has 3 unspecified atom stereocenters. The highest BCUT2D eigenvalue weighted by Gasteiger charge is 2.58. The molecule has 6 atom stereocenters. The maximum absolute atomic E-state index is 12.0. The molecule has 0 aromatic carbocycles. The van der Waals surface area contributed by atoms with Gasteiger partial charge in [0.25, 0.3) is 0 Å². The van der Waals surface area contributed by atoms with Gasteiger partial charge in [-0.2, -0.15) is 0 Å². The van der Waals surface area contributed by atoms with Crippen molar-refractivity contribution < 1.29 is 14.3 Å². The van der Waals surface area contributed by atoms with Crippen LogP contribution in [-0.4, -0.2) is 27.9 Å². The first-order valence-corrected chi connectivity index (χ1v) is 11.4. The Labute approximate surface area is 178 Å². The SMILES string of the molecule is CC(=O)O[C@H]1CC[C@@]2(C)C(=CCC3C2CC[C@]2(C)C(n4ccnc4)=C(C=O)CC32)C1. The lowest BCUT2D eigenvalue weighted by Gasteiger charge is -2.57. The number of carbonyl (C=O) groups is 2. The second-order valence-corrected chi connectivity index (χ2v) is 10.4. The number of aromatic nitrogens is 2. The molecule has 1 aromatic heterocycles. The summed E-state index contributed by atoms with van der Waals surface area (Å²) in [6, 6.07) is 0. The molecular weight excluding hydrogens is 376 g/mol. The van der Waals surface area contributed by atoms with Crippen molar-refractivity contribution in [2.75, 3.05) is 0 Å². The highest BCUT2D eigenvalue weighted by Crippen LogP contribution is 2.66. The van der Waals surface area contributed by atoms with Crippen LogP contribution in [0.4, 0.5) is 0 Å². The van der Waals surface area contributed by atoms with Crippen LogP contribution in [0.15, 0.2) is 35.9 Å². The lowest BCUT2D eigenvalue weighted by Crippen LogP contribution is -2.50. The lowest BCUT2D eigenvalue weighted by molar-refractivity contribution is -0.148. The van der Waals surface area contributed by atoms with E-state index in [0.717, 1.165) is 50.4 Å². The number of aldehydes is 1. The third-order valence-corrected chi connectivity index (χ3v) is 8.97. The van der Waals surface area contributed by atoms with Crippen molar-refractivity contribution in [3.8, 4) is 0 Å². The smallest absolute Gasteiger partial charge is 0.302 e. The molecule has 4 aliphatic carbocycles. The molecule has 160 valence electrons. The zero-order chi connectivity index (χ0) is 21.1. The third kappa shape index (κ3) is 2.77. The van der Waals surface area contributed by atoms with Crippen molar-refractivity contribution >= 4 is 18.0 Å². The summed E-state index contributed by atoms with van der Waals surface area (Å²) in [4.78, 5) is 27.7. The Morgan fingerprint density at radius 1 is 1.20 bits per heavy atom. The van der Waals surface area contributed by atoms with Gasteiger partial charge in [-0.15, -0.1) is 0 Å². The minimum atomic E-state index is -0.170. The van der Waals surface area contributed by atoms with Crippen LogP contribution < -0.4 is 0 Å². The first-order chi connectivity index (χ1) is 14.4. The minimum Gasteiger partial charge on any atom is -0.462 e. The van der Waals surface area contributed by atoms with Crippen molar-refractivity contribution in [3.63, 3.8) is 0 Å². The van der Waals surface area contributed by atoms with Gasteiger partial charge in [0.05, 0.1) is 6.33 Å². The molecule has 0 spiro atoms. The fourth-order valence-corrected chi connectivity index (χ4v) is 7.61. The topological polar surface area (TPSA) is 61.2 Å². The van der Waals surface area contributed by atoms with Crippen LogP contribution in [0, 0.1) is 28.6 Å². The number of ether oxygens (including phenoxy) is 1. The molecule has 0 amide bonds. The van der Waals surface area contributed by atoms with E-state index in [1.807, 2.05) is 12.5 Å². The van der Waals surface area contributed by atoms with Gasteiger partial charge in [0.1, 0.15) is 12.4 Å². The first-order valence-electron chi connectivity index (χ1n) is 11.4. The van der Waals surface area contributed by atoms with E-state index in [-0.39, 0.29) is 22.9 Å². The number of rotatable bonds is 3. The lowest BCUT2D eigenvalue weighted by atomic mass is 9.47. The summed E-state index contributed by atoms with van der Waals surface area (Å²) in [6.45, 7) is 6.33. The van der Waals surface area contributed by atoms with Gasteiger partial charge in [0, 0.05) is 42.4 Å². The van der Waals surface area contributed by atoms with Gasteiger partial charge >= 0.3 is 5.97 Å². The van der Waals surface area contributed by atoms with Crippen LogP contribution in [0.3, 0.4) is 0 Å². The zero-order valence-electron chi connectivity index (χ0n) is 18.3. The summed E-state index contributed by atoms with van der Waals surface area (Å²) in [5, 5.41) is 0. The zero-order valence-corrected chi connectivity index (χ0v) is 18.3. The molecular formula is C25H32N2O3. The van der Waals surface area contributed by atoms with E-state index >= 15 is 0 Å². The van der Waals surface area contributed by atoms with Crippen molar-refractivity contribution in [2.45, 2.75) is 71.8 Å². The molecule has 2 saturated carbocycles. The maximum atomic E-state index is 12.0. The number of nitrogens with zero attached hydrogens (tertiary/aromatic N) is 2. The average molecular weight is 409 g/mol. The Morgan fingerprint density at radius 2 is 2.00 bits per heavy atom. The quantitative estimate of drug-likeness (QED) is 0.410. The van der Waals surface area contributed by atoms with Crippen LogP contribution in [0.1, 0.15) is 65.7 Å². The molecule has 0 bridgehead atoms. The number of carbonyl (C=O) groups excluding carboxylic acids is 2. The highest BCUT2D eigenvalue weighted by molar-refractivity contribution is 5.86. The number of fused-ring (bicyclic) bond motifs is 5. The van der Waals surface area contributed by atoms with Gasteiger partial charge in [0.2, 0.25) is 0 Å². The van der Waals surface area contributed by atoms with Gasteiger partial charge in [-0.05, 0) is 61.7 Å². The highest BCUT2D eigenvalue weighted by atomic mass is 16.5. The molecule has 30 heavy (non-hydrogen) atoms.